The number of ether oxygens (including phenoxy) is 2. The summed E-state index contributed by atoms with van der Waals surface area (Å²) in [6.45, 7) is 0. The number of phenols is 1. The molecule has 0 saturated heterocycles. The number of aromatic nitrogens is 3. The van der Waals surface area contributed by atoms with E-state index in [1.54, 1.807) is 27.9 Å². The minimum Gasteiger partial charge on any atom is -0.504 e. The summed E-state index contributed by atoms with van der Waals surface area (Å²) in [4.78, 5) is 4.42. The number of rotatable bonds is 4. The summed E-state index contributed by atoms with van der Waals surface area (Å²) < 4.78 is 13.0. The van der Waals surface area contributed by atoms with Gasteiger partial charge in [-0.25, -0.2) is 9.69 Å². The molecular weight excluding hydrogens is 366 g/mol. The number of benzene rings is 2. The number of aromatic hydroxyl groups is 1. The number of methoxy groups -OCH3 is 1. The van der Waals surface area contributed by atoms with Crippen molar-refractivity contribution in [2.75, 3.05) is 12.1 Å². The molecule has 1 unspecified atom stereocenters. The maximum absolute atomic E-state index is 9.91. The first-order valence-electron chi connectivity index (χ1n) is 8.03. The van der Waals surface area contributed by atoms with Gasteiger partial charge in [0.15, 0.2) is 11.5 Å². The van der Waals surface area contributed by atoms with Crippen LogP contribution in [-0.4, -0.2) is 38.1 Å². The highest BCUT2D eigenvalue weighted by Gasteiger charge is 2.33. The molecule has 0 fully saturated rings. The van der Waals surface area contributed by atoms with Crippen molar-refractivity contribution in [3.05, 3.63) is 72.3 Å². The largest absolute Gasteiger partial charge is 0.504 e. The normalized spacial score (nSPS) is 16.6. The van der Waals surface area contributed by atoms with E-state index in [9.17, 15) is 5.11 Å². The third-order valence-corrected chi connectivity index (χ3v) is 4.28. The highest BCUT2D eigenvalue weighted by atomic mass is 32.1. The maximum atomic E-state index is 9.91. The second kappa shape index (κ2) is 7.04. The minimum absolute atomic E-state index is 0.0347. The zero-order chi connectivity index (χ0) is 18.8. The van der Waals surface area contributed by atoms with E-state index in [1.165, 1.54) is 19.8 Å². The maximum Gasteiger partial charge on any atom is 0.225 e. The molecule has 0 aliphatic carbocycles. The molecule has 4 rings (SSSR count). The van der Waals surface area contributed by atoms with E-state index in [0.717, 1.165) is 5.56 Å². The van der Waals surface area contributed by atoms with Crippen molar-refractivity contribution in [1.29, 1.82) is 0 Å². The fraction of sp³-hybridized carbons (Fsp3) is 0.111. The van der Waals surface area contributed by atoms with Crippen LogP contribution in [0.4, 0.5) is 0 Å². The molecule has 3 aromatic rings. The van der Waals surface area contributed by atoms with Gasteiger partial charge in [-0.2, -0.15) is 4.99 Å². The van der Waals surface area contributed by atoms with Crippen molar-refractivity contribution in [3.63, 3.8) is 0 Å². The van der Waals surface area contributed by atoms with Crippen molar-refractivity contribution in [2.24, 2.45) is 4.99 Å². The van der Waals surface area contributed by atoms with E-state index in [1.807, 2.05) is 30.3 Å². The van der Waals surface area contributed by atoms with Gasteiger partial charge in [0.1, 0.15) is 12.7 Å². The highest BCUT2D eigenvalue weighted by molar-refractivity contribution is 7.80. The van der Waals surface area contributed by atoms with Gasteiger partial charge in [-0.1, -0.05) is 18.2 Å². The van der Waals surface area contributed by atoms with Crippen molar-refractivity contribution in [2.45, 2.75) is 6.23 Å². The van der Waals surface area contributed by atoms with Crippen molar-refractivity contribution in [3.8, 4) is 11.5 Å². The van der Waals surface area contributed by atoms with Crippen LogP contribution in [0.3, 0.4) is 0 Å². The van der Waals surface area contributed by atoms with Crippen LogP contribution < -0.4 is 9.75 Å². The molecular formula is C18H15N5O3S. The van der Waals surface area contributed by atoms with Gasteiger partial charge < -0.3 is 14.6 Å². The number of nitrogens with zero attached hydrogens (tertiary/aromatic N) is 5. The third kappa shape index (κ3) is 3.20. The quantitative estimate of drug-likeness (QED) is 0.695. The van der Waals surface area contributed by atoms with E-state index in [0.29, 0.717) is 17.2 Å². The van der Waals surface area contributed by atoms with Crippen molar-refractivity contribution in [1.82, 2.24) is 14.9 Å². The molecule has 1 atom stereocenters. The Hall–Kier alpha value is -3.46. The molecule has 136 valence electrons. The molecule has 9 heteroatoms. The van der Waals surface area contributed by atoms with Crippen LogP contribution >= 0.6 is 12.2 Å². The lowest BCUT2D eigenvalue weighted by molar-refractivity contribution is 0.171. The zero-order valence-corrected chi connectivity index (χ0v) is 15.1. The van der Waals surface area contributed by atoms with Gasteiger partial charge in [0.2, 0.25) is 17.2 Å². The molecule has 0 saturated carbocycles. The first-order valence-corrected chi connectivity index (χ1v) is 8.44. The summed E-state index contributed by atoms with van der Waals surface area (Å²) in [5, 5.41) is 19.5. The predicted molar refractivity (Wildman–Crippen MR) is 102 cm³/mol. The molecule has 1 aromatic heterocycles. The van der Waals surface area contributed by atoms with Crippen LogP contribution in [0, 0.1) is 0 Å². The van der Waals surface area contributed by atoms with Crippen molar-refractivity contribution < 1.29 is 14.6 Å². The van der Waals surface area contributed by atoms with Gasteiger partial charge in [-0.3, -0.25) is 0 Å². The standard InChI is InChI=1S/C18H15N5O3S/c1-25-15-9-13(7-8-14(15)24)17-23(22-10-19-20-11-22)18(27)21-16(26-17)12-5-3-2-4-6-12/h2-11,17,24H,1H3. The molecule has 2 heterocycles. The average molecular weight is 381 g/mol. The lowest BCUT2D eigenvalue weighted by Gasteiger charge is -2.35. The molecule has 8 nitrogen and oxygen atoms in total. The Kier molecular flexibility index (Phi) is 4.43. The Morgan fingerprint density at radius 1 is 1.11 bits per heavy atom. The summed E-state index contributed by atoms with van der Waals surface area (Å²) >= 11 is 5.52. The first-order chi connectivity index (χ1) is 13.2. The number of thiocarbonyl (C=S) groups is 1. The van der Waals surface area contributed by atoms with E-state index in [4.69, 9.17) is 21.7 Å². The molecule has 1 N–H and O–H groups in total. The van der Waals surface area contributed by atoms with Crippen LogP contribution in [0.1, 0.15) is 17.4 Å². The second-order valence-corrected chi connectivity index (χ2v) is 6.02. The lowest BCUT2D eigenvalue weighted by Crippen LogP contribution is -2.46. The summed E-state index contributed by atoms with van der Waals surface area (Å²) in [5.41, 5.74) is 1.52. The Bertz CT molecular complexity index is 991. The van der Waals surface area contributed by atoms with Crippen LogP contribution in [0.25, 0.3) is 0 Å². The first kappa shape index (κ1) is 17.0. The number of aliphatic imine (C=N–C) groups is 1. The summed E-state index contributed by atoms with van der Waals surface area (Å²) in [5.74, 6) is 0.767. The molecule has 27 heavy (non-hydrogen) atoms. The molecule has 0 radical (unpaired) electrons. The van der Waals surface area contributed by atoms with E-state index in [2.05, 4.69) is 15.2 Å². The highest BCUT2D eigenvalue weighted by Crippen LogP contribution is 2.33. The molecule has 0 bridgehead atoms. The molecule has 0 spiro atoms. The summed E-state index contributed by atoms with van der Waals surface area (Å²) in [7, 11) is 1.49. The fourth-order valence-corrected chi connectivity index (χ4v) is 2.99. The van der Waals surface area contributed by atoms with Crippen LogP contribution in [0.15, 0.2) is 66.2 Å². The fourth-order valence-electron chi connectivity index (χ4n) is 2.72. The summed E-state index contributed by atoms with van der Waals surface area (Å²) in [6, 6.07) is 14.5. The Morgan fingerprint density at radius 3 is 2.56 bits per heavy atom. The molecule has 1 aliphatic heterocycles. The topological polar surface area (TPSA) is 85.0 Å². The Balaban J connectivity index is 1.80. The smallest absolute Gasteiger partial charge is 0.225 e. The zero-order valence-electron chi connectivity index (χ0n) is 14.3. The van der Waals surface area contributed by atoms with Gasteiger partial charge in [0.25, 0.3) is 0 Å². The Morgan fingerprint density at radius 2 is 1.85 bits per heavy atom. The molecule has 1 aliphatic rings. The van der Waals surface area contributed by atoms with Crippen LogP contribution in [0.5, 0.6) is 11.5 Å². The number of hydrogen-bond acceptors (Lipinski definition) is 6. The monoisotopic (exact) mass is 381 g/mol. The lowest BCUT2D eigenvalue weighted by atomic mass is 10.1. The minimum atomic E-state index is -0.657. The summed E-state index contributed by atoms with van der Waals surface area (Å²) in [6.07, 6.45) is 2.35. The number of phenolic OH excluding ortho intramolecular Hbond substituents is 1. The molecule has 2 aromatic carbocycles. The second-order valence-electron chi connectivity index (χ2n) is 5.65. The predicted octanol–water partition coefficient (Wildman–Crippen LogP) is 2.39. The van der Waals surface area contributed by atoms with Gasteiger partial charge in [0, 0.05) is 11.1 Å². The van der Waals surface area contributed by atoms with Crippen LogP contribution in [0.2, 0.25) is 0 Å². The van der Waals surface area contributed by atoms with Crippen molar-refractivity contribution >= 4 is 23.2 Å². The van der Waals surface area contributed by atoms with Gasteiger partial charge in [-0.15, -0.1) is 10.2 Å². The van der Waals surface area contributed by atoms with Gasteiger partial charge in [-0.05, 0) is 42.5 Å². The van der Waals surface area contributed by atoms with E-state index < -0.39 is 6.23 Å². The SMILES string of the molecule is COc1cc(C2OC(c3ccccc3)=NC(=S)N2n2cnnc2)ccc1O. The van der Waals surface area contributed by atoms with E-state index in [-0.39, 0.29) is 10.9 Å². The van der Waals surface area contributed by atoms with Crippen LogP contribution in [-0.2, 0) is 4.74 Å². The average Bonchev–Trinajstić information content (AvgIpc) is 3.22. The molecule has 0 amide bonds. The van der Waals surface area contributed by atoms with Gasteiger partial charge in [0.05, 0.1) is 7.11 Å². The Labute approximate surface area is 160 Å². The van der Waals surface area contributed by atoms with E-state index >= 15 is 0 Å². The van der Waals surface area contributed by atoms with Gasteiger partial charge >= 0.3 is 0 Å². The number of hydrogen-bond donors (Lipinski definition) is 1. The third-order valence-electron chi connectivity index (χ3n) is 4.00.